The maximum absolute atomic E-state index is 12.6. The molecule has 34 heavy (non-hydrogen) atoms. The monoisotopic (exact) mass is 471 g/mol. The van der Waals surface area contributed by atoms with Gasteiger partial charge in [0.05, 0.1) is 6.10 Å². The van der Waals surface area contributed by atoms with Crippen molar-refractivity contribution in [1.82, 2.24) is 4.90 Å². The Balaban J connectivity index is 0.00000158. The fraction of sp³-hybridized carbons (Fsp3) is 0.767. The van der Waals surface area contributed by atoms with Gasteiger partial charge in [0, 0.05) is 25.6 Å². The number of carbonyl (C=O) groups is 1. The standard InChI is InChI=1S/C29H45NO2.CH4O/c1-20-8-11-24(31)19-23(20)10-9-22-7-6-15-29(5)25(12-13-26(22)29)21(2)14-17-30-18-16-28(3,4)27(30)32;1-2/h9-10,21,24-26,31H,1,6-8,11-19H2,2-5H3;2H,1H3/b22-9+,23-10-;/t21-,24+,25-,26+,29?;/m1./s1. The Morgan fingerprint density at radius 3 is 2.53 bits per heavy atom. The predicted octanol–water partition coefficient (Wildman–Crippen LogP) is 6.05. The summed E-state index contributed by atoms with van der Waals surface area (Å²) in [6.07, 6.45) is 15.6. The minimum Gasteiger partial charge on any atom is -0.400 e. The topological polar surface area (TPSA) is 60.8 Å². The lowest BCUT2D eigenvalue weighted by Gasteiger charge is -2.44. The Kier molecular flexibility index (Phi) is 8.90. The van der Waals surface area contributed by atoms with E-state index in [2.05, 4.69) is 51.3 Å². The summed E-state index contributed by atoms with van der Waals surface area (Å²) in [6, 6.07) is 0. The normalized spacial score (nSPS) is 36.4. The highest BCUT2D eigenvalue weighted by atomic mass is 16.3. The zero-order chi connectivity index (χ0) is 25.1. The van der Waals surface area contributed by atoms with E-state index < -0.39 is 0 Å². The zero-order valence-corrected chi connectivity index (χ0v) is 22.4. The molecule has 4 heteroatoms. The van der Waals surface area contributed by atoms with Gasteiger partial charge in [0.2, 0.25) is 5.91 Å². The minimum atomic E-state index is -0.202. The van der Waals surface area contributed by atoms with Crippen molar-refractivity contribution in [3.05, 3.63) is 35.5 Å². The van der Waals surface area contributed by atoms with E-state index in [0.29, 0.717) is 23.2 Å². The molecule has 0 aromatic rings. The van der Waals surface area contributed by atoms with Crippen LogP contribution in [0.3, 0.4) is 0 Å². The van der Waals surface area contributed by atoms with Crippen molar-refractivity contribution in [2.24, 2.45) is 28.6 Å². The molecule has 1 aliphatic heterocycles. The number of allylic oxidation sites excluding steroid dienone is 4. The summed E-state index contributed by atoms with van der Waals surface area (Å²) >= 11 is 0. The summed E-state index contributed by atoms with van der Waals surface area (Å²) in [7, 11) is 1.00. The number of hydrogen-bond donors (Lipinski definition) is 2. The zero-order valence-electron chi connectivity index (χ0n) is 22.4. The maximum Gasteiger partial charge on any atom is 0.228 e. The summed E-state index contributed by atoms with van der Waals surface area (Å²) in [5.41, 5.74) is 4.32. The first kappa shape index (κ1) is 27.2. The van der Waals surface area contributed by atoms with E-state index >= 15 is 0 Å². The molecule has 1 heterocycles. The van der Waals surface area contributed by atoms with Gasteiger partial charge in [-0.15, -0.1) is 0 Å². The van der Waals surface area contributed by atoms with E-state index in [1.54, 1.807) is 5.57 Å². The molecule has 1 unspecified atom stereocenters. The molecule has 3 aliphatic carbocycles. The highest BCUT2D eigenvalue weighted by molar-refractivity contribution is 5.83. The summed E-state index contributed by atoms with van der Waals surface area (Å²) in [6.45, 7) is 15.3. The van der Waals surface area contributed by atoms with E-state index in [4.69, 9.17) is 5.11 Å². The number of fused-ring (bicyclic) bond motifs is 1. The lowest BCUT2D eigenvalue weighted by molar-refractivity contribution is -0.134. The molecule has 4 nitrogen and oxygen atoms in total. The van der Waals surface area contributed by atoms with E-state index in [1.807, 2.05) is 0 Å². The second kappa shape index (κ2) is 11.1. The van der Waals surface area contributed by atoms with Crippen LogP contribution in [0.1, 0.15) is 91.9 Å². The largest absolute Gasteiger partial charge is 0.400 e. The Bertz CT molecular complexity index is 810. The number of rotatable bonds is 5. The van der Waals surface area contributed by atoms with Crippen molar-refractivity contribution >= 4 is 5.91 Å². The molecule has 0 bridgehead atoms. The molecule has 4 rings (SSSR count). The molecule has 1 amide bonds. The Hall–Kier alpha value is -1.39. The number of carbonyl (C=O) groups excluding carboxylic acids is 1. The van der Waals surface area contributed by atoms with E-state index in [0.717, 1.165) is 58.2 Å². The van der Waals surface area contributed by atoms with Crippen molar-refractivity contribution < 1.29 is 15.0 Å². The van der Waals surface area contributed by atoms with Gasteiger partial charge in [0.25, 0.3) is 0 Å². The lowest BCUT2D eigenvalue weighted by Crippen LogP contribution is -2.37. The first-order chi connectivity index (χ1) is 16.1. The van der Waals surface area contributed by atoms with Crippen LogP contribution in [-0.4, -0.2) is 47.3 Å². The van der Waals surface area contributed by atoms with Crippen LogP contribution in [0.5, 0.6) is 0 Å². The number of nitrogens with zero attached hydrogens (tertiary/aromatic N) is 1. The van der Waals surface area contributed by atoms with Gasteiger partial charge in [0.15, 0.2) is 0 Å². The van der Waals surface area contributed by atoms with Crippen LogP contribution in [0.2, 0.25) is 0 Å². The van der Waals surface area contributed by atoms with Crippen LogP contribution in [0.15, 0.2) is 35.5 Å². The van der Waals surface area contributed by atoms with Crippen LogP contribution in [0, 0.1) is 28.6 Å². The van der Waals surface area contributed by atoms with Gasteiger partial charge in [-0.05, 0) is 93.0 Å². The summed E-state index contributed by atoms with van der Waals surface area (Å²) in [5.74, 6) is 2.45. The molecule has 192 valence electrons. The van der Waals surface area contributed by atoms with Gasteiger partial charge in [-0.2, -0.15) is 0 Å². The van der Waals surface area contributed by atoms with E-state index in [1.165, 1.54) is 43.3 Å². The number of aliphatic hydroxyl groups excluding tert-OH is 2. The molecule has 2 N–H and O–H groups in total. The molecule has 1 saturated heterocycles. The van der Waals surface area contributed by atoms with Gasteiger partial charge < -0.3 is 15.1 Å². The molecule has 3 saturated carbocycles. The average molecular weight is 472 g/mol. The molecule has 5 atom stereocenters. The third-order valence-electron chi connectivity index (χ3n) is 9.64. The Labute approximate surface area is 208 Å². The van der Waals surface area contributed by atoms with Crippen LogP contribution in [-0.2, 0) is 4.79 Å². The summed E-state index contributed by atoms with van der Waals surface area (Å²) < 4.78 is 0. The first-order valence-electron chi connectivity index (χ1n) is 13.6. The van der Waals surface area contributed by atoms with E-state index in [-0.39, 0.29) is 11.5 Å². The summed E-state index contributed by atoms with van der Waals surface area (Å²) in [5, 5.41) is 17.1. The van der Waals surface area contributed by atoms with Crippen molar-refractivity contribution in [2.45, 2.75) is 98.0 Å². The molecule has 0 aromatic heterocycles. The molecule has 4 fully saturated rings. The summed E-state index contributed by atoms with van der Waals surface area (Å²) in [4.78, 5) is 14.8. The van der Waals surface area contributed by atoms with Crippen molar-refractivity contribution in [1.29, 1.82) is 0 Å². The van der Waals surface area contributed by atoms with Gasteiger partial charge in [-0.25, -0.2) is 0 Å². The smallest absolute Gasteiger partial charge is 0.228 e. The maximum atomic E-state index is 12.6. The SMILES string of the molecule is C=C1CC[C@H](O)C/C1=C/C=C1\CCCC2(C)[C@@H]([C@H](C)CCN3CCC(C)(C)C3=O)CC[C@@H]12.CO. The fourth-order valence-corrected chi connectivity index (χ4v) is 7.43. The van der Waals surface area contributed by atoms with Crippen LogP contribution >= 0.6 is 0 Å². The third-order valence-corrected chi connectivity index (χ3v) is 9.64. The van der Waals surface area contributed by atoms with Gasteiger partial charge in [0.1, 0.15) is 0 Å². The number of amides is 1. The molecular weight excluding hydrogens is 422 g/mol. The van der Waals surface area contributed by atoms with Crippen LogP contribution in [0.25, 0.3) is 0 Å². The highest BCUT2D eigenvalue weighted by Crippen LogP contribution is 2.59. The minimum absolute atomic E-state index is 0.162. The molecule has 0 radical (unpaired) electrons. The molecule has 0 spiro atoms. The Morgan fingerprint density at radius 2 is 1.85 bits per heavy atom. The van der Waals surface area contributed by atoms with Crippen LogP contribution < -0.4 is 0 Å². The first-order valence-corrected chi connectivity index (χ1v) is 13.6. The highest BCUT2D eigenvalue weighted by Gasteiger charge is 2.50. The fourth-order valence-electron chi connectivity index (χ4n) is 7.43. The number of hydrogen-bond acceptors (Lipinski definition) is 3. The molecule has 0 aromatic carbocycles. The van der Waals surface area contributed by atoms with Gasteiger partial charge >= 0.3 is 0 Å². The molecule has 4 aliphatic rings. The van der Waals surface area contributed by atoms with Crippen molar-refractivity contribution in [3.63, 3.8) is 0 Å². The van der Waals surface area contributed by atoms with E-state index in [9.17, 15) is 9.90 Å². The third kappa shape index (κ3) is 5.54. The lowest BCUT2D eigenvalue weighted by atomic mass is 9.61. The van der Waals surface area contributed by atoms with Gasteiger partial charge in [-0.3, -0.25) is 4.79 Å². The van der Waals surface area contributed by atoms with Crippen molar-refractivity contribution in [2.75, 3.05) is 20.2 Å². The second-order valence-corrected chi connectivity index (χ2v) is 12.2. The Morgan fingerprint density at radius 1 is 1.12 bits per heavy atom. The number of aliphatic hydroxyl groups is 2. The van der Waals surface area contributed by atoms with Gasteiger partial charge in [-0.1, -0.05) is 57.6 Å². The second-order valence-electron chi connectivity index (χ2n) is 12.2. The molecular formula is C30H49NO3. The number of likely N-dealkylation sites (tertiary alicyclic amines) is 1. The quantitative estimate of drug-likeness (QED) is 0.513. The average Bonchev–Trinajstić information content (AvgIpc) is 3.30. The van der Waals surface area contributed by atoms with Crippen molar-refractivity contribution in [3.8, 4) is 0 Å². The predicted molar refractivity (Wildman–Crippen MR) is 140 cm³/mol. The van der Waals surface area contributed by atoms with Crippen LogP contribution in [0.4, 0.5) is 0 Å².